The normalized spacial score (nSPS) is 18.6. The highest BCUT2D eigenvalue weighted by atomic mass is 16.6. The Morgan fingerprint density at radius 2 is 2.21 bits per heavy atom. The molecule has 0 saturated heterocycles. The maximum atomic E-state index is 12.0. The molecule has 2 rings (SSSR count). The summed E-state index contributed by atoms with van der Waals surface area (Å²) >= 11 is 0. The summed E-state index contributed by atoms with van der Waals surface area (Å²) in [6, 6.07) is 0.268. The zero-order chi connectivity index (χ0) is 14.0. The Kier molecular flexibility index (Phi) is 3.87. The third-order valence-electron chi connectivity index (χ3n) is 3.05. The fourth-order valence-corrected chi connectivity index (χ4v) is 1.79. The molecule has 0 aliphatic carbocycles. The van der Waals surface area contributed by atoms with E-state index in [1.807, 2.05) is 33.9 Å². The van der Waals surface area contributed by atoms with E-state index < -0.39 is 6.10 Å². The molecule has 19 heavy (non-hydrogen) atoms. The van der Waals surface area contributed by atoms with Gasteiger partial charge in [0.25, 0.3) is 5.91 Å². The van der Waals surface area contributed by atoms with Crippen LogP contribution in [-0.2, 0) is 9.63 Å². The van der Waals surface area contributed by atoms with Crippen molar-refractivity contribution >= 4 is 17.3 Å². The largest absolute Gasteiger partial charge is 0.382 e. The lowest BCUT2D eigenvalue weighted by atomic mass is 10.0. The van der Waals surface area contributed by atoms with Crippen LogP contribution in [0.25, 0.3) is 0 Å². The first kappa shape index (κ1) is 13.6. The molecule has 0 aromatic carbocycles. The summed E-state index contributed by atoms with van der Waals surface area (Å²) in [5, 5.41) is 10.9. The van der Waals surface area contributed by atoms with Crippen LogP contribution in [0, 0.1) is 5.92 Å². The number of rotatable bonds is 4. The Morgan fingerprint density at radius 1 is 1.47 bits per heavy atom. The second-order valence-electron chi connectivity index (χ2n) is 5.33. The van der Waals surface area contributed by atoms with Crippen molar-refractivity contribution in [3.8, 4) is 0 Å². The van der Waals surface area contributed by atoms with Gasteiger partial charge in [0.2, 0.25) is 6.10 Å². The first-order valence-electron chi connectivity index (χ1n) is 6.55. The molecule has 1 amide bonds. The van der Waals surface area contributed by atoms with E-state index in [1.165, 1.54) is 0 Å². The molecule has 0 radical (unpaired) electrons. The van der Waals surface area contributed by atoms with Crippen LogP contribution < -0.4 is 5.32 Å². The first-order valence-corrected chi connectivity index (χ1v) is 6.55. The zero-order valence-electron chi connectivity index (χ0n) is 11.8. The molecular weight excluding hydrogens is 244 g/mol. The molecule has 1 aromatic heterocycles. The maximum Gasteiger partial charge on any atom is 0.268 e. The van der Waals surface area contributed by atoms with Crippen LogP contribution in [-0.4, -0.2) is 27.5 Å². The van der Waals surface area contributed by atoms with E-state index in [9.17, 15) is 4.79 Å². The van der Waals surface area contributed by atoms with Crippen molar-refractivity contribution in [3.05, 3.63) is 12.4 Å². The van der Waals surface area contributed by atoms with E-state index >= 15 is 0 Å². The summed E-state index contributed by atoms with van der Waals surface area (Å²) in [4.78, 5) is 17.2. The average Bonchev–Trinajstić information content (AvgIpc) is 2.96. The van der Waals surface area contributed by atoms with Gasteiger partial charge in [0, 0.05) is 18.7 Å². The SMILES string of the molecule is CC(C)C1=NOC(C(=O)Nc2cnn(C(C)C)c2)C1. The van der Waals surface area contributed by atoms with Crippen molar-refractivity contribution in [2.45, 2.75) is 46.3 Å². The minimum absolute atomic E-state index is 0.178. The lowest BCUT2D eigenvalue weighted by Gasteiger charge is -2.08. The topological polar surface area (TPSA) is 68.5 Å². The van der Waals surface area contributed by atoms with Crippen LogP contribution in [0.1, 0.15) is 40.2 Å². The molecule has 1 aliphatic rings. The molecule has 6 heteroatoms. The van der Waals surface area contributed by atoms with Crippen LogP contribution in [0.5, 0.6) is 0 Å². The highest BCUT2D eigenvalue weighted by Crippen LogP contribution is 2.18. The van der Waals surface area contributed by atoms with Crippen LogP contribution in [0.2, 0.25) is 0 Å². The third kappa shape index (κ3) is 3.13. The highest BCUT2D eigenvalue weighted by Gasteiger charge is 2.29. The Labute approximate surface area is 112 Å². The number of amides is 1. The second kappa shape index (κ2) is 5.42. The molecule has 1 N–H and O–H groups in total. The number of nitrogens with zero attached hydrogens (tertiary/aromatic N) is 3. The van der Waals surface area contributed by atoms with Crippen molar-refractivity contribution in [1.82, 2.24) is 9.78 Å². The summed E-state index contributed by atoms with van der Waals surface area (Å²) in [7, 11) is 0. The van der Waals surface area contributed by atoms with E-state index in [4.69, 9.17) is 4.84 Å². The Morgan fingerprint density at radius 3 is 2.74 bits per heavy atom. The minimum Gasteiger partial charge on any atom is -0.382 e. The number of hydrogen-bond donors (Lipinski definition) is 1. The second-order valence-corrected chi connectivity index (χ2v) is 5.33. The zero-order valence-corrected chi connectivity index (χ0v) is 11.8. The predicted molar refractivity (Wildman–Crippen MR) is 73.0 cm³/mol. The van der Waals surface area contributed by atoms with Gasteiger partial charge >= 0.3 is 0 Å². The van der Waals surface area contributed by atoms with Crippen LogP contribution in [0.4, 0.5) is 5.69 Å². The van der Waals surface area contributed by atoms with Gasteiger partial charge in [-0.25, -0.2) is 0 Å². The summed E-state index contributed by atoms with van der Waals surface area (Å²) in [5.74, 6) is 0.129. The lowest BCUT2D eigenvalue weighted by Crippen LogP contribution is -2.28. The fraction of sp³-hybridized carbons (Fsp3) is 0.615. The molecule has 1 aliphatic heterocycles. The van der Waals surface area contributed by atoms with Crippen LogP contribution >= 0.6 is 0 Å². The molecule has 2 heterocycles. The first-order chi connectivity index (χ1) is 8.97. The van der Waals surface area contributed by atoms with Crippen molar-refractivity contribution in [3.63, 3.8) is 0 Å². The van der Waals surface area contributed by atoms with Gasteiger partial charge in [0.1, 0.15) is 0 Å². The molecule has 0 saturated carbocycles. The number of carbonyl (C=O) groups is 1. The van der Waals surface area contributed by atoms with Gasteiger partial charge < -0.3 is 10.2 Å². The fourth-order valence-electron chi connectivity index (χ4n) is 1.79. The molecule has 1 atom stereocenters. The van der Waals surface area contributed by atoms with Crippen molar-refractivity contribution < 1.29 is 9.63 Å². The van der Waals surface area contributed by atoms with Gasteiger partial charge in [-0.3, -0.25) is 9.48 Å². The molecule has 0 spiro atoms. The van der Waals surface area contributed by atoms with Crippen molar-refractivity contribution in [1.29, 1.82) is 0 Å². The van der Waals surface area contributed by atoms with E-state index in [0.717, 1.165) is 5.71 Å². The quantitative estimate of drug-likeness (QED) is 0.906. The molecule has 1 aromatic rings. The summed E-state index contributed by atoms with van der Waals surface area (Å²) in [6.07, 6.45) is 3.47. The van der Waals surface area contributed by atoms with E-state index in [2.05, 4.69) is 15.6 Å². The van der Waals surface area contributed by atoms with Crippen molar-refractivity contribution in [2.24, 2.45) is 11.1 Å². The van der Waals surface area contributed by atoms with Gasteiger partial charge in [-0.05, 0) is 19.8 Å². The van der Waals surface area contributed by atoms with Crippen LogP contribution in [0.3, 0.4) is 0 Å². The Bertz CT molecular complexity index is 491. The molecule has 0 bridgehead atoms. The standard InChI is InChI=1S/C13H20N4O2/c1-8(2)11-5-12(19-16-11)13(18)15-10-6-14-17(7-10)9(3)4/h6-9,12H,5H2,1-4H3,(H,15,18). The summed E-state index contributed by atoms with van der Waals surface area (Å²) < 4.78 is 1.79. The van der Waals surface area contributed by atoms with Gasteiger partial charge in [0.05, 0.1) is 17.6 Å². The highest BCUT2D eigenvalue weighted by molar-refractivity contribution is 5.99. The Balaban J connectivity index is 1.91. The number of anilines is 1. The van der Waals surface area contributed by atoms with Gasteiger partial charge in [0.15, 0.2) is 0 Å². The average molecular weight is 264 g/mol. The van der Waals surface area contributed by atoms with Gasteiger partial charge in [-0.1, -0.05) is 19.0 Å². The van der Waals surface area contributed by atoms with Gasteiger partial charge in [-0.15, -0.1) is 0 Å². The lowest BCUT2D eigenvalue weighted by molar-refractivity contribution is -0.125. The molecular formula is C13H20N4O2. The minimum atomic E-state index is -0.528. The monoisotopic (exact) mass is 264 g/mol. The van der Waals surface area contributed by atoms with Crippen LogP contribution in [0.15, 0.2) is 17.5 Å². The predicted octanol–water partition coefficient (Wildman–Crippen LogP) is 2.20. The van der Waals surface area contributed by atoms with E-state index in [-0.39, 0.29) is 11.9 Å². The number of hydrogen-bond acceptors (Lipinski definition) is 4. The van der Waals surface area contributed by atoms with Gasteiger partial charge in [-0.2, -0.15) is 5.10 Å². The number of carbonyl (C=O) groups excluding carboxylic acids is 1. The number of aromatic nitrogens is 2. The summed E-state index contributed by atoms with van der Waals surface area (Å²) in [6.45, 7) is 8.13. The van der Waals surface area contributed by atoms with Crippen molar-refractivity contribution in [2.75, 3.05) is 5.32 Å². The molecule has 0 fully saturated rings. The molecule has 1 unspecified atom stereocenters. The third-order valence-corrected chi connectivity index (χ3v) is 3.05. The number of nitrogens with one attached hydrogen (secondary N) is 1. The molecule has 104 valence electrons. The number of oxime groups is 1. The van der Waals surface area contributed by atoms with E-state index in [0.29, 0.717) is 18.0 Å². The van der Waals surface area contributed by atoms with E-state index in [1.54, 1.807) is 10.9 Å². The maximum absolute atomic E-state index is 12.0. The Hall–Kier alpha value is -1.85. The smallest absolute Gasteiger partial charge is 0.268 e. The summed E-state index contributed by atoms with van der Waals surface area (Å²) in [5.41, 5.74) is 1.61. The molecule has 6 nitrogen and oxygen atoms in total.